The third-order valence-corrected chi connectivity index (χ3v) is 3.85. The molecule has 0 atom stereocenters. The number of hydrogen-bond acceptors (Lipinski definition) is 3. The zero-order valence-corrected chi connectivity index (χ0v) is 12.1. The smallest absolute Gasteiger partial charge is 0.196 e. The molecule has 1 aliphatic carbocycles. The highest BCUT2D eigenvalue weighted by Gasteiger charge is 2.31. The maximum Gasteiger partial charge on any atom is 0.196 e. The number of benzene rings is 2. The summed E-state index contributed by atoms with van der Waals surface area (Å²) in [5.74, 6) is 0.355. The van der Waals surface area contributed by atoms with Crippen molar-refractivity contribution >= 4 is 28.9 Å². The van der Waals surface area contributed by atoms with E-state index in [1.54, 1.807) is 36.4 Å². The fraction of sp³-hybridized carbons (Fsp3) is 0.176. The van der Waals surface area contributed by atoms with Crippen LogP contribution in [0.5, 0.6) is 0 Å². The third kappa shape index (κ3) is 2.34. The van der Waals surface area contributed by atoms with Crippen molar-refractivity contribution < 1.29 is 9.59 Å². The molecule has 0 unspecified atom stereocenters. The van der Waals surface area contributed by atoms with Crippen molar-refractivity contribution in [3.63, 3.8) is 0 Å². The van der Waals surface area contributed by atoms with Crippen molar-refractivity contribution in [3.8, 4) is 0 Å². The number of anilines is 1. The highest BCUT2D eigenvalue weighted by atomic mass is 35.5. The first kappa shape index (κ1) is 13.8. The SMILES string of the molecule is O=C1c2ccccc2C(=O)c2c(NCCCCl)cccc21. The number of carbonyl (C=O) groups is 2. The van der Waals surface area contributed by atoms with Crippen molar-refractivity contribution in [2.75, 3.05) is 17.7 Å². The molecule has 0 saturated carbocycles. The van der Waals surface area contributed by atoms with Crippen molar-refractivity contribution in [2.24, 2.45) is 0 Å². The second kappa shape index (κ2) is 5.70. The average molecular weight is 300 g/mol. The van der Waals surface area contributed by atoms with Crippen LogP contribution in [0.15, 0.2) is 42.5 Å². The molecule has 1 N–H and O–H groups in total. The van der Waals surface area contributed by atoms with E-state index in [1.807, 2.05) is 6.07 Å². The van der Waals surface area contributed by atoms with Crippen LogP contribution in [-0.4, -0.2) is 24.0 Å². The van der Waals surface area contributed by atoms with Gasteiger partial charge >= 0.3 is 0 Å². The van der Waals surface area contributed by atoms with E-state index in [2.05, 4.69) is 5.32 Å². The maximum absolute atomic E-state index is 12.7. The van der Waals surface area contributed by atoms with Crippen molar-refractivity contribution in [2.45, 2.75) is 6.42 Å². The second-order valence-corrected chi connectivity index (χ2v) is 5.28. The number of alkyl halides is 1. The second-order valence-electron chi connectivity index (χ2n) is 4.90. The van der Waals surface area contributed by atoms with E-state index < -0.39 is 0 Å². The highest BCUT2D eigenvalue weighted by Crippen LogP contribution is 2.31. The Hall–Kier alpha value is -2.13. The number of carbonyl (C=O) groups excluding carboxylic acids is 2. The van der Waals surface area contributed by atoms with Crippen LogP contribution in [0.3, 0.4) is 0 Å². The number of hydrogen-bond donors (Lipinski definition) is 1. The zero-order valence-electron chi connectivity index (χ0n) is 11.4. The van der Waals surface area contributed by atoms with Crippen LogP contribution in [0.1, 0.15) is 38.3 Å². The van der Waals surface area contributed by atoms with Gasteiger partial charge in [-0.1, -0.05) is 36.4 Å². The number of nitrogens with one attached hydrogen (secondary N) is 1. The van der Waals surface area contributed by atoms with Crippen molar-refractivity contribution in [1.29, 1.82) is 0 Å². The fourth-order valence-electron chi connectivity index (χ4n) is 2.58. The van der Waals surface area contributed by atoms with E-state index in [0.717, 1.165) is 6.42 Å². The van der Waals surface area contributed by atoms with Crippen LogP contribution in [0.25, 0.3) is 0 Å². The van der Waals surface area contributed by atoms with E-state index in [-0.39, 0.29) is 11.6 Å². The Morgan fingerprint density at radius 1 is 0.857 bits per heavy atom. The van der Waals surface area contributed by atoms with Crippen molar-refractivity contribution in [3.05, 3.63) is 64.7 Å². The standard InChI is InChI=1S/C17H14ClNO2/c18-9-4-10-19-14-8-3-7-13-15(14)17(21)12-6-2-1-5-11(12)16(13)20/h1-3,5-8,19H,4,9-10H2. The Morgan fingerprint density at radius 2 is 1.52 bits per heavy atom. The van der Waals surface area contributed by atoms with E-state index in [0.29, 0.717) is 40.4 Å². The monoisotopic (exact) mass is 299 g/mol. The van der Waals surface area contributed by atoms with Crippen LogP contribution in [-0.2, 0) is 0 Å². The van der Waals surface area contributed by atoms with Crippen molar-refractivity contribution in [1.82, 2.24) is 0 Å². The average Bonchev–Trinajstić information content (AvgIpc) is 2.53. The summed E-state index contributed by atoms with van der Waals surface area (Å²) in [6.07, 6.45) is 0.796. The predicted octanol–water partition coefficient (Wildman–Crippen LogP) is 3.50. The van der Waals surface area contributed by atoms with Crippen LogP contribution in [0.2, 0.25) is 0 Å². The molecule has 0 saturated heterocycles. The first-order valence-electron chi connectivity index (χ1n) is 6.85. The molecule has 2 aromatic rings. The van der Waals surface area contributed by atoms with Crippen LogP contribution < -0.4 is 5.32 Å². The summed E-state index contributed by atoms with van der Waals surface area (Å²) >= 11 is 5.67. The van der Waals surface area contributed by atoms with Gasteiger partial charge < -0.3 is 5.32 Å². The molecule has 0 heterocycles. The topological polar surface area (TPSA) is 46.2 Å². The fourth-order valence-corrected chi connectivity index (χ4v) is 2.72. The minimum atomic E-state index is -0.103. The maximum atomic E-state index is 12.7. The Bertz CT molecular complexity index is 724. The summed E-state index contributed by atoms with van der Waals surface area (Å²) in [5, 5.41) is 3.20. The molecule has 0 spiro atoms. The van der Waals surface area contributed by atoms with Crippen LogP contribution in [0.4, 0.5) is 5.69 Å². The van der Waals surface area contributed by atoms with Gasteiger partial charge in [0, 0.05) is 34.8 Å². The molecule has 106 valence electrons. The Labute approximate surface area is 127 Å². The van der Waals surface area contributed by atoms with Gasteiger partial charge in [0.25, 0.3) is 0 Å². The summed E-state index contributed by atoms with van der Waals surface area (Å²) in [6, 6.07) is 12.3. The predicted molar refractivity (Wildman–Crippen MR) is 83.6 cm³/mol. The van der Waals surface area contributed by atoms with Gasteiger partial charge in [0.05, 0.1) is 5.56 Å². The Morgan fingerprint density at radius 3 is 2.24 bits per heavy atom. The molecule has 2 aromatic carbocycles. The lowest BCUT2D eigenvalue weighted by atomic mass is 9.83. The molecule has 0 aromatic heterocycles. The lowest BCUT2D eigenvalue weighted by Gasteiger charge is -2.20. The summed E-state index contributed by atoms with van der Waals surface area (Å²) < 4.78 is 0. The normalized spacial score (nSPS) is 12.8. The summed E-state index contributed by atoms with van der Waals surface area (Å²) in [4.78, 5) is 25.2. The quantitative estimate of drug-likeness (QED) is 0.592. The molecule has 0 aliphatic heterocycles. The summed E-state index contributed by atoms with van der Waals surface area (Å²) in [5.41, 5.74) is 2.59. The van der Waals surface area contributed by atoms with Gasteiger partial charge in [-0.15, -0.1) is 11.6 Å². The molecule has 3 rings (SSSR count). The molecule has 4 heteroatoms. The number of ketones is 2. The van der Waals surface area contributed by atoms with Crippen LogP contribution in [0, 0.1) is 0 Å². The first-order valence-corrected chi connectivity index (χ1v) is 7.38. The summed E-state index contributed by atoms with van der Waals surface area (Å²) in [6.45, 7) is 0.670. The summed E-state index contributed by atoms with van der Waals surface area (Å²) in [7, 11) is 0. The van der Waals surface area contributed by atoms with E-state index in [9.17, 15) is 9.59 Å². The highest BCUT2D eigenvalue weighted by molar-refractivity contribution is 6.30. The molecular weight excluding hydrogens is 286 g/mol. The lowest BCUT2D eigenvalue weighted by molar-refractivity contribution is 0.0979. The molecule has 0 fully saturated rings. The van der Waals surface area contributed by atoms with Gasteiger partial charge in [-0.3, -0.25) is 9.59 Å². The van der Waals surface area contributed by atoms with E-state index >= 15 is 0 Å². The van der Waals surface area contributed by atoms with Gasteiger partial charge in [0.15, 0.2) is 11.6 Å². The molecule has 0 bridgehead atoms. The number of halogens is 1. The number of fused-ring (bicyclic) bond motifs is 2. The number of rotatable bonds is 4. The van der Waals surface area contributed by atoms with Gasteiger partial charge in [0.1, 0.15) is 0 Å². The van der Waals surface area contributed by atoms with E-state index in [4.69, 9.17) is 11.6 Å². The molecular formula is C17H14ClNO2. The lowest BCUT2D eigenvalue weighted by Crippen LogP contribution is -2.22. The van der Waals surface area contributed by atoms with Gasteiger partial charge in [-0.05, 0) is 12.5 Å². The molecule has 1 aliphatic rings. The van der Waals surface area contributed by atoms with Gasteiger partial charge in [0.2, 0.25) is 0 Å². The molecule has 0 amide bonds. The Balaban J connectivity index is 2.08. The minimum Gasteiger partial charge on any atom is -0.384 e. The Kier molecular flexibility index (Phi) is 3.76. The molecule has 21 heavy (non-hydrogen) atoms. The van der Waals surface area contributed by atoms with Gasteiger partial charge in [-0.25, -0.2) is 0 Å². The van der Waals surface area contributed by atoms with Gasteiger partial charge in [-0.2, -0.15) is 0 Å². The molecule has 3 nitrogen and oxygen atoms in total. The molecule has 0 radical (unpaired) electrons. The first-order chi connectivity index (χ1) is 10.2. The zero-order chi connectivity index (χ0) is 14.8. The minimum absolute atomic E-state index is 0.0961. The van der Waals surface area contributed by atoms with E-state index in [1.165, 1.54) is 0 Å². The third-order valence-electron chi connectivity index (χ3n) is 3.58. The van der Waals surface area contributed by atoms with Crippen LogP contribution >= 0.6 is 11.6 Å². The largest absolute Gasteiger partial charge is 0.384 e.